The van der Waals surface area contributed by atoms with Gasteiger partial charge in [0, 0.05) is 54.8 Å². The highest BCUT2D eigenvalue weighted by atomic mass is 16.6. The number of nitrogens with one attached hydrogen (secondary N) is 1. The highest BCUT2D eigenvalue weighted by molar-refractivity contribution is 5.90. The number of hydrogen-bond donors (Lipinski definition) is 3. The van der Waals surface area contributed by atoms with Crippen LogP contribution < -0.4 is 10.9 Å². The topological polar surface area (TPSA) is 117 Å². The van der Waals surface area contributed by atoms with Crippen LogP contribution in [-0.4, -0.2) is 56.8 Å². The van der Waals surface area contributed by atoms with Crippen LogP contribution in [0, 0.1) is 0 Å². The number of fused-ring (bicyclic) bond motifs is 5. The van der Waals surface area contributed by atoms with E-state index in [-0.39, 0.29) is 24.3 Å². The van der Waals surface area contributed by atoms with E-state index in [4.69, 9.17) is 9.72 Å². The number of aromatic hydroxyl groups is 1. The summed E-state index contributed by atoms with van der Waals surface area (Å²) in [5.74, 6) is -0.474. The fourth-order valence-electron chi connectivity index (χ4n) is 5.88. The van der Waals surface area contributed by atoms with Gasteiger partial charge < -0.3 is 24.8 Å². The molecule has 9 nitrogen and oxygen atoms in total. The first-order valence-electron chi connectivity index (χ1n) is 12.6. The molecule has 0 unspecified atom stereocenters. The van der Waals surface area contributed by atoms with Crippen LogP contribution in [0.3, 0.4) is 0 Å². The molecule has 1 saturated heterocycles. The van der Waals surface area contributed by atoms with Crippen molar-refractivity contribution in [1.29, 1.82) is 0 Å². The number of aromatic nitrogens is 2. The summed E-state index contributed by atoms with van der Waals surface area (Å²) in [6.45, 7) is 8.28. The lowest BCUT2D eigenvalue weighted by atomic mass is 9.86. The van der Waals surface area contributed by atoms with Crippen LogP contribution in [0.4, 0.5) is 0 Å². The molecule has 2 aromatic heterocycles. The molecule has 3 aromatic rings. The number of esters is 1. The van der Waals surface area contributed by atoms with E-state index < -0.39 is 11.6 Å². The summed E-state index contributed by atoms with van der Waals surface area (Å²) in [4.78, 5) is 33.2. The average molecular weight is 491 g/mol. The molecule has 36 heavy (non-hydrogen) atoms. The van der Waals surface area contributed by atoms with E-state index in [0.29, 0.717) is 42.0 Å². The third kappa shape index (κ3) is 3.30. The molecule has 0 amide bonds. The molecule has 0 bridgehead atoms. The number of aliphatic hydroxyl groups is 1. The zero-order chi connectivity index (χ0) is 25.2. The van der Waals surface area contributed by atoms with Gasteiger partial charge in [-0.3, -0.25) is 9.69 Å². The van der Waals surface area contributed by atoms with Gasteiger partial charge in [-0.2, -0.15) is 0 Å². The van der Waals surface area contributed by atoms with Crippen LogP contribution in [0.15, 0.2) is 23.0 Å². The smallest absolute Gasteiger partial charge is 0.343 e. The second-order valence-corrected chi connectivity index (χ2v) is 9.90. The van der Waals surface area contributed by atoms with Gasteiger partial charge in [0.2, 0.25) is 0 Å². The largest absolute Gasteiger partial charge is 0.508 e. The van der Waals surface area contributed by atoms with E-state index in [0.717, 1.165) is 53.8 Å². The molecule has 188 valence electrons. The van der Waals surface area contributed by atoms with E-state index >= 15 is 0 Å². The van der Waals surface area contributed by atoms with Crippen LogP contribution in [0.1, 0.15) is 48.1 Å². The quantitative estimate of drug-likeness (QED) is 0.371. The van der Waals surface area contributed by atoms with Crippen LogP contribution in [0.5, 0.6) is 5.75 Å². The highest BCUT2D eigenvalue weighted by Gasteiger charge is 2.45. The number of ether oxygens (including phenoxy) is 1. The zero-order valence-electron chi connectivity index (χ0n) is 20.6. The molecule has 1 fully saturated rings. The van der Waals surface area contributed by atoms with Crippen molar-refractivity contribution in [3.05, 3.63) is 56.4 Å². The Labute approximate surface area is 208 Å². The molecule has 5 heterocycles. The first-order valence-corrected chi connectivity index (χ1v) is 12.6. The van der Waals surface area contributed by atoms with Crippen LogP contribution >= 0.6 is 0 Å². The number of carbonyl (C=O) groups is 1. The molecular weight excluding hydrogens is 460 g/mol. The van der Waals surface area contributed by atoms with Gasteiger partial charge in [-0.05, 0) is 36.6 Å². The Kier molecular flexibility index (Phi) is 5.40. The van der Waals surface area contributed by atoms with Gasteiger partial charge in [-0.25, -0.2) is 9.78 Å². The van der Waals surface area contributed by atoms with Crippen molar-refractivity contribution in [2.75, 3.05) is 26.2 Å². The first-order chi connectivity index (χ1) is 17.4. The van der Waals surface area contributed by atoms with Crippen molar-refractivity contribution >= 4 is 16.9 Å². The Morgan fingerprint density at radius 1 is 1.14 bits per heavy atom. The summed E-state index contributed by atoms with van der Waals surface area (Å²) in [5, 5.41) is 26.2. The number of rotatable bonds is 4. The van der Waals surface area contributed by atoms with Crippen molar-refractivity contribution in [2.24, 2.45) is 0 Å². The first kappa shape index (κ1) is 23.1. The maximum atomic E-state index is 13.5. The summed E-state index contributed by atoms with van der Waals surface area (Å²) in [7, 11) is 0. The monoisotopic (exact) mass is 490 g/mol. The second kappa shape index (κ2) is 8.40. The Morgan fingerprint density at radius 2 is 1.92 bits per heavy atom. The number of aryl methyl sites for hydroxylation is 1. The van der Waals surface area contributed by atoms with Crippen molar-refractivity contribution < 1.29 is 19.7 Å². The number of benzene rings is 1. The van der Waals surface area contributed by atoms with E-state index in [1.807, 2.05) is 6.07 Å². The van der Waals surface area contributed by atoms with Crippen molar-refractivity contribution in [3.8, 4) is 17.1 Å². The summed E-state index contributed by atoms with van der Waals surface area (Å²) in [6, 6.07) is 5.50. The van der Waals surface area contributed by atoms with Crippen LogP contribution in [0.25, 0.3) is 22.3 Å². The maximum Gasteiger partial charge on any atom is 0.343 e. The number of hydrogen-bond acceptors (Lipinski definition) is 8. The predicted octanol–water partition coefficient (Wildman–Crippen LogP) is 1.75. The summed E-state index contributed by atoms with van der Waals surface area (Å²) in [6.07, 6.45) is 0.815. The number of cyclic esters (lactones) is 1. The van der Waals surface area contributed by atoms with Gasteiger partial charge in [-0.1, -0.05) is 13.8 Å². The Hall–Kier alpha value is -3.27. The lowest BCUT2D eigenvalue weighted by molar-refractivity contribution is -0.172. The lowest BCUT2D eigenvalue weighted by Crippen LogP contribution is -2.44. The lowest BCUT2D eigenvalue weighted by Gasteiger charge is -2.31. The van der Waals surface area contributed by atoms with Gasteiger partial charge >= 0.3 is 5.97 Å². The second-order valence-electron chi connectivity index (χ2n) is 9.90. The van der Waals surface area contributed by atoms with Gasteiger partial charge in [-0.15, -0.1) is 0 Å². The number of phenolic OH excluding ortho intramolecular Hbond substituents is 1. The fraction of sp³-hybridized carbons (Fsp3) is 0.444. The van der Waals surface area contributed by atoms with Gasteiger partial charge in [0.15, 0.2) is 5.60 Å². The Balaban J connectivity index is 1.53. The SMILES string of the molecule is CCc1c2c(nc3cc(CN4CCNCC4)c(O)cc13)-c1cc3c(c(=O)n1C2)COC(=O)[C@]3(O)CC. The minimum absolute atomic E-state index is 0.106. The molecule has 3 N–H and O–H groups in total. The molecular formula is C27H30N4O5. The highest BCUT2D eigenvalue weighted by Crippen LogP contribution is 2.41. The van der Waals surface area contributed by atoms with Crippen molar-refractivity contribution in [2.45, 2.75) is 52.0 Å². The maximum absolute atomic E-state index is 13.5. The molecule has 6 rings (SSSR count). The molecule has 0 radical (unpaired) electrons. The molecule has 0 saturated carbocycles. The fourth-order valence-corrected chi connectivity index (χ4v) is 5.88. The predicted molar refractivity (Wildman–Crippen MR) is 134 cm³/mol. The third-order valence-corrected chi connectivity index (χ3v) is 7.96. The Morgan fingerprint density at radius 3 is 2.64 bits per heavy atom. The van der Waals surface area contributed by atoms with E-state index in [2.05, 4.69) is 17.1 Å². The zero-order valence-corrected chi connectivity index (χ0v) is 20.6. The standard InChI is InChI=1S/C27H30N4O5/c1-3-16-17-10-23(32)15(12-30-7-5-28-6-8-30)9-21(17)29-24-18(16)13-31-22(24)11-20-19(25(31)33)14-36-26(34)27(20,35)4-2/h9-11,28,32,35H,3-8,12-14H2,1-2H3/t27-/m0/s1. The molecule has 3 aliphatic heterocycles. The summed E-state index contributed by atoms with van der Waals surface area (Å²) >= 11 is 0. The number of carbonyl (C=O) groups excluding carboxylic acids is 1. The molecule has 1 atom stereocenters. The average Bonchev–Trinajstić information content (AvgIpc) is 3.25. The van der Waals surface area contributed by atoms with Gasteiger partial charge in [0.05, 0.1) is 29.0 Å². The van der Waals surface area contributed by atoms with Gasteiger partial charge in [0.25, 0.3) is 5.56 Å². The molecule has 0 spiro atoms. The third-order valence-electron chi connectivity index (χ3n) is 7.96. The molecule has 3 aliphatic rings. The molecule has 0 aliphatic carbocycles. The van der Waals surface area contributed by atoms with E-state index in [1.165, 1.54) is 0 Å². The summed E-state index contributed by atoms with van der Waals surface area (Å²) < 4.78 is 6.83. The van der Waals surface area contributed by atoms with Crippen LogP contribution in [-0.2, 0) is 41.2 Å². The van der Waals surface area contributed by atoms with Crippen LogP contribution in [0.2, 0.25) is 0 Å². The Bertz CT molecular complexity index is 1470. The molecule has 1 aromatic carbocycles. The number of piperazine rings is 1. The van der Waals surface area contributed by atoms with Gasteiger partial charge in [0.1, 0.15) is 12.4 Å². The van der Waals surface area contributed by atoms with Crippen molar-refractivity contribution in [1.82, 2.24) is 19.8 Å². The minimum atomic E-state index is -1.85. The van der Waals surface area contributed by atoms with Crippen molar-refractivity contribution in [3.63, 3.8) is 0 Å². The molecule has 9 heteroatoms. The number of phenols is 1. The van der Waals surface area contributed by atoms with E-state index in [1.54, 1.807) is 23.6 Å². The van der Waals surface area contributed by atoms with E-state index in [9.17, 15) is 19.8 Å². The number of nitrogens with zero attached hydrogens (tertiary/aromatic N) is 3. The summed E-state index contributed by atoms with van der Waals surface area (Å²) in [5.41, 5.74) is 3.36. The normalized spacial score (nSPS) is 21.2. The number of pyridine rings is 2. The minimum Gasteiger partial charge on any atom is -0.508 e.